The fraction of sp³-hybridized carbons (Fsp3) is 0.303. The van der Waals surface area contributed by atoms with Gasteiger partial charge in [0.2, 0.25) is 11.8 Å². The summed E-state index contributed by atoms with van der Waals surface area (Å²) in [7, 11) is 0. The molecule has 8 rings (SSSR count). The second-order valence-electron chi connectivity index (χ2n) is 12.2. The van der Waals surface area contributed by atoms with Crippen molar-refractivity contribution in [1.82, 2.24) is 4.98 Å². The zero-order valence-electron chi connectivity index (χ0n) is 23.8. The quantitative estimate of drug-likeness (QED) is 0.154. The topological polar surface area (TPSA) is 123 Å². The molecule has 2 bridgehead atoms. The molecule has 2 aliphatic carbocycles. The minimum Gasteiger partial charge on any atom is -0.489 e. The number of hydrogen-bond acceptors (Lipinski definition) is 8. The van der Waals surface area contributed by atoms with Crippen LogP contribution in [-0.2, 0) is 16.2 Å². The highest BCUT2D eigenvalue weighted by atomic mass is 32.2. The molecule has 2 amide bonds. The van der Waals surface area contributed by atoms with Crippen molar-refractivity contribution < 1.29 is 23.6 Å². The molecular formula is C33H26FN3O6S2. The predicted molar refractivity (Wildman–Crippen MR) is 166 cm³/mol. The van der Waals surface area contributed by atoms with E-state index in [2.05, 4.69) is 4.98 Å². The first-order valence-corrected chi connectivity index (χ1v) is 16.4. The monoisotopic (exact) mass is 643 g/mol. The lowest BCUT2D eigenvalue weighted by atomic mass is 9.68. The first-order chi connectivity index (χ1) is 21.7. The summed E-state index contributed by atoms with van der Waals surface area (Å²) in [6.07, 6.45) is 0.663. The molecule has 5 unspecified atom stereocenters. The van der Waals surface area contributed by atoms with Crippen LogP contribution in [0.25, 0.3) is 0 Å². The number of nitrogens with zero attached hydrogens (tertiary/aromatic N) is 2. The molecule has 3 heterocycles. The van der Waals surface area contributed by atoms with Crippen LogP contribution in [0, 0.1) is 52.4 Å². The number of carbonyl (C=O) groups excluding carboxylic acids is 2. The standard InChI is InChI=1S/C33H26FN3O6S2/c1-15-3-2-4-16(11-15)14-43-23-10-9-19(37(41)42)12-20(23)24-25-21-13-22(28(25)44-30-29(24)45-33(40)35-30)27-26(21)31(38)36(32(27)39)18-7-5-17(34)6-8-18/h2-12,21-22,24-28H,13-14H2,1H3,(H,35,40)/t21-,22-,24?,25?,26?,27?,28?/m1/s1. The van der Waals surface area contributed by atoms with Gasteiger partial charge in [0.25, 0.3) is 5.69 Å². The van der Waals surface area contributed by atoms with Gasteiger partial charge in [0, 0.05) is 33.7 Å². The maximum atomic E-state index is 14.0. The van der Waals surface area contributed by atoms with Crippen molar-refractivity contribution in [2.45, 2.75) is 36.1 Å². The number of aromatic amines is 1. The number of amides is 2. The van der Waals surface area contributed by atoms with Crippen LogP contribution in [-0.4, -0.2) is 27.0 Å². The lowest BCUT2D eigenvalue weighted by molar-refractivity contribution is -0.385. The Morgan fingerprint density at radius 2 is 1.78 bits per heavy atom. The molecule has 228 valence electrons. The Labute approximate surface area is 264 Å². The molecule has 4 aromatic rings. The van der Waals surface area contributed by atoms with E-state index in [9.17, 15) is 28.9 Å². The Balaban J connectivity index is 1.22. The van der Waals surface area contributed by atoms with Gasteiger partial charge in [-0.2, -0.15) is 0 Å². The summed E-state index contributed by atoms with van der Waals surface area (Å²) >= 11 is 2.62. The molecule has 4 aliphatic rings. The summed E-state index contributed by atoms with van der Waals surface area (Å²) in [5.74, 6) is -2.59. The van der Waals surface area contributed by atoms with Crippen molar-refractivity contribution >= 4 is 46.3 Å². The van der Waals surface area contributed by atoms with Crippen LogP contribution in [0.2, 0.25) is 0 Å². The van der Waals surface area contributed by atoms with E-state index in [0.29, 0.717) is 28.4 Å². The Morgan fingerprint density at radius 1 is 1.02 bits per heavy atom. The van der Waals surface area contributed by atoms with Gasteiger partial charge in [-0.3, -0.25) is 29.4 Å². The number of aryl methyl sites for hydroxylation is 1. The Bertz CT molecular complexity index is 1960. The van der Waals surface area contributed by atoms with Crippen LogP contribution in [0.4, 0.5) is 15.8 Å². The van der Waals surface area contributed by atoms with Crippen molar-refractivity contribution in [2.75, 3.05) is 4.90 Å². The molecule has 1 aromatic heterocycles. The number of ether oxygens (including phenoxy) is 1. The number of thioether (sulfide) groups is 1. The molecular weight excluding hydrogens is 618 g/mol. The average Bonchev–Trinajstić information content (AvgIpc) is 3.75. The lowest BCUT2D eigenvalue weighted by Gasteiger charge is -2.43. The van der Waals surface area contributed by atoms with Gasteiger partial charge in [-0.1, -0.05) is 41.2 Å². The molecule has 9 nitrogen and oxygen atoms in total. The normalized spacial score (nSPS) is 27.8. The molecule has 45 heavy (non-hydrogen) atoms. The maximum absolute atomic E-state index is 14.0. The second kappa shape index (κ2) is 10.4. The van der Waals surface area contributed by atoms with Gasteiger partial charge < -0.3 is 9.72 Å². The molecule has 3 fully saturated rings. The molecule has 0 spiro atoms. The fourth-order valence-electron chi connectivity index (χ4n) is 8.20. The van der Waals surface area contributed by atoms with Crippen molar-refractivity contribution in [3.8, 4) is 5.75 Å². The first kappa shape index (κ1) is 28.2. The average molecular weight is 644 g/mol. The minimum atomic E-state index is -0.565. The van der Waals surface area contributed by atoms with E-state index in [0.717, 1.165) is 27.3 Å². The molecule has 1 saturated heterocycles. The Kier molecular flexibility index (Phi) is 6.51. The van der Waals surface area contributed by atoms with E-state index < -0.39 is 28.5 Å². The maximum Gasteiger partial charge on any atom is 0.305 e. The third-order valence-electron chi connectivity index (χ3n) is 9.82. The second-order valence-corrected chi connectivity index (χ2v) is 14.4. The number of rotatable bonds is 6. The van der Waals surface area contributed by atoms with Crippen molar-refractivity contribution in [2.24, 2.45) is 29.6 Å². The zero-order chi connectivity index (χ0) is 31.1. The highest BCUT2D eigenvalue weighted by Crippen LogP contribution is 2.69. The number of H-pyrrole nitrogens is 1. The van der Waals surface area contributed by atoms with E-state index in [-0.39, 0.29) is 52.0 Å². The van der Waals surface area contributed by atoms with Gasteiger partial charge >= 0.3 is 4.87 Å². The van der Waals surface area contributed by atoms with Crippen LogP contribution in [0.3, 0.4) is 0 Å². The van der Waals surface area contributed by atoms with Crippen LogP contribution >= 0.6 is 23.1 Å². The van der Waals surface area contributed by atoms with Crippen LogP contribution in [0.15, 0.2) is 76.6 Å². The number of benzene rings is 3. The number of hydrogen-bond donors (Lipinski definition) is 1. The summed E-state index contributed by atoms with van der Waals surface area (Å²) in [4.78, 5) is 56.8. The molecule has 1 N–H and O–H groups in total. The third kappa shape index (κ3) is 4.37. The van der Waals surface area contributed by atoms with Crippen LogP contribution < -0.4 is 14.5 Å². The molecule has 2 saturated carbocycles. The van der Waals surface area contributed by atoms with E-state index >= 15 is 0 Å². The van der Waals surface area contributed by atoms with Gasteiger partial charge in [-0.05, 0) is 67.0 Å². The van der Waals surface area contributed by atoms with Crippen LogP contribution in [0.1, 0.15) is 33.9 Å². The highest BCUT2D eigenvalue weighted by molar-refractivity contribution is 8.00. The number of fused-ring (bicyclic) bond motifs is 9. The number of anilines is 1. The van der Waals surface area contributed by atoms with Gasteiger partial charge in [0.05, 0.1) is 27.5 Å². The number of nitro groups is 1. The Morgan fingerprint density at radius 3 is 2.51 bits per heavy atom. The Hall–Kier alpha value is -4.29. The van der Waals surface area contributed by atoms with E-state index in [1.54, 1.807) is 6.07 Å². The van der Waals surface area contributed by atoms with Gasteiger partial charge in [0.1, 0.15) is 18.2 Å². The zero-order valence-corrected chi connectivity index (χ0v) is 25.5. The fourth-order valence-corrected chi connectivity index (χ4v) is 11.1. The number of halogens is 1. The van der Waals surface area contributed by atoms with Crippen molar-refractivity contribution in [1.29, 1.82) is 0 Å². The number of carbonyl (C=O) groups is 2. The van der Waals surface area contributed by atoms with Gasteiger partial charge in [-0.15, -0.1) is 11.8 Å². The van der Waals surface area contributed by atoms with E-state index in [1.165, 1.54) is 53.1 Å². The van der Waals surface area contributed by atoms with Crippen molar-refractivity contribution in [3.63, 3.8) is 0 Å². The summed E-state index contributed by atoms with van der Waals surface area (Å²) < 4.78 is 20.0. The smallest absolute Gasteiger partial charge is 0.305 e. The van der Waals surface area contributed by atoms with E-state index in [4.69, 9.17) is 4.74 Å². The van der Waals surface area contributed by atoms with Gasteiger partial charge in [0.15, 0.2) is 0 Å². The number of nitro benzene ring substituents is 1. The number of thiazole rings is 1. The SMILES string of the molecule is Cc1cccc(COc2ccc([N+](=O)[O-])cc2C2c3sc(=O)[nH]c3SC3C2[C@H]2C[C@@H]3C3C(=O)N(c4ccc(F)cc4)C(=O)C32)c1. The number of imide groups is 1. The summed E-state index contributed by atoms with van der Waals surface area (Å²) in [6.45, 7) is 2.24. The molecule has 3 aromatic carbocycles. The van der Waals surface area contributed by atoms with Gasteiger partial charge in [-0.25, -0.2) is 4.39 Å². The summed E-state index contributed by atoms with van der Waals surface area (Å²) in [5.41, 5.74) is 2.88. The summed E-state index contributed by atoms with van der Waals surface area (Å²) in [5, 5.41) is 12.6. The number of aromatic nitrogens is 1. The highest BCUT2D eigenvalue weighted by Gasteiger charge is 2.70. The minimum absolute atomic E-state index is 0.0947. The molecule has 2 aliphatic heterocycles. The largest absolute Gasteiger partial charge is 0.489 e. The molecule has 12 heteroatoms. The van der Waals surface area contributed by atoms with Crippen molar-refractivity contribution in [3.05, 3.63) is 114 Å². The van der Waals surface area contributed by atoms with Crippen LogP contribution in [0.5, 0.6) is 5.75 Å². The first-order valence-electron chi connectivity index (χ1n) is 14.7. The third-order valence-corrected chi connectivity index (χ3v) is 12.4. The molecule has 7 atom stereocenters. The predicted octanol–water partition coefficient (Wildman–Crippen LogP) is 6.05. The number of non-ortho nitro benzene ring substituents is 1. The lowest BCUT2D eigenvalue weighted by Crippen LogP contribution is -2.42. The van der Waals surface area contributed by atoms with E-state index in [1.807, 2.05) is 31.2 Å². The molecule has 0 radical (unpaired) electrons. The summed E-state index contributed by atoms with van der Waals surface area (Å²) in [6, 6.07) is 17.8. The number of nitrogens with one attached hydrogen (secondary N) is 1.